The van der Waals surface area contributed by atoms with Crippen molar-refractivity contribution in [2.45, 2.75) is 46.2 Å². The van der Waals surface area contributed by atoms with E-state index in [1.165, 1.54) is 17.8 Å². The Bertz CT molecular complexity index is 936. The summed E-state index contributed by atoms with van der Waals surface area (Å²) in [5.74, 6) is -4.48. The van der Waals surface area contributed by atoms with Gasteiger partial charge in [-0.25, -0.2) is 9.37 Å². The molecule has 11 nitrogen and oxygen atoms in total. The lowest BCUT2D eigenvalue weighted by Gasteiger charge is -2.36. The number of halogens is 1. The second kappa shape index (κ2) is 9.86. The summed E-state index contributed by atoms with van der Waals surface area (Å²) in [6.45, 7) is 5.52. The Kier molecular flexibility index (Phi) is 7.71. The summed E-state index contributed by atoms with van der Waals surface area (Å²) in [6, 6.07) is 0. The molecule has 172 valence electrons. The van der Waals surface area contributed by atoms with E-state index in [4.69, 9.17) is 19.9 Å². The number of methoxy groups -OCH3 is 1. The van der Waals surface area contributed by atoms with Crippen molar-refractivity contribution in [3.8, 4) is 0 Å². The molecule has 12 heteroatoms. The second-order valence-corrected chi connectivity index (χ2v) is 7.51. The third kappa shape index (κ3) is 5.57. The first kappa shape index (κ1) is 24.3. The van der Waals surface area contributed by atoms with Crippen molar-refractivity contribution in [1.29, 1.82) is 0 Å². The molecule has 3 atom stereocenters. The Morgan fingerprint density at radius 3 is 2.55 bits per heavy atom. The Morgan fingerprint density at radius 1 is 1.32 bits per heavy atom. The Labute approximate surface area is 179 Å². The van der Waals surface area contributed by atoms with E-state index in [-0.39, 0.29) is 18.2 Å². The largest absolute Gasteiger partial charge is 0.465 e. The van der Waals surface area contributed by atoms with Gasteiger partial charge in [0.05, 0.1) is 25.4 Å². The lowest BCUT2D eigenvalue weighted by Crippen LogP contribution is -2.51. The molecule has 3 N–H and O–H groups in total. The van der Waals surface area contributed by atoms with Crippen molar-refractivity contribution in [3.63, 3.8) is 0 Å². The highest BCUT2D eigenvalue weighted by Gasteiger charge is 2.47. The number of carbonyl (C=O) groups is 2. The monoisotopic (exact) mass is 440 g/mol. The topological polar surface area (TPSA) is 143 Å². The van der Waals surface area contributed by atoms with Crippen molar-refractivity contribution in [2.75, 3.05) is 31.8 Å². The van der Waals surface area contributed by atoms with Gasteiger partial charge in [0.25, 0.3) is 5.85 Å². The van der Waals surface area contributed by atoms with Crippen LogP contribution in [0.4, 0.5) is 16.2 Å². The molecular formula is C19H29FN6O5. The van der Waals surface area contributed by atoms with E-state index < -0.39 is 42.3 Å². The van der Waals surface area contributed by atoms with Crippen LogP contribution in [-0.2, 0) is 30.3 Å². The molecule has 0 saturated heterocycles. The maximum atomic E-state index is 16.2. The SMILES string of the molecule is CNc1nc(N)nc2c1ncn2C[C@](F)(OC)[C@H](OC(=O)C(C)C)[C@H](C)COC(C)=O. The zero-order valence-electron chi connectivity index (χ0n) is 18.5. The summed E-state index contributed by atoms with van der Waals surface area (Å²) < 4.78 is 33.2. The maximum Gasteiger partial charge on any atom is 0.308 e. The average molecular weight is 440 g/mol. The quantitative estimate of drug-likeness (QED) is 0.522. The van der Waals surface area contributed by atoms with Crippen molar-refractivity contribution in [1.82, 2.24) is 19.5 Å². The van der Waals surface area contributed by atoms with Gasteiger partial charge in [0.2, 0.25) is 5.95 Å². The molecule has 2 heterocycles. The molecule has 0 bridgehead atoms. The Hall–Kier alpha value is -3.02. The molecule has 0 amide bonds. The van der Waals surface area contributed by atoms with Crippen LogP contribution in [-0.4, -0.2) is 64.2 Å². The molecule has 0 aliphatic carbocycles. The van der Waals surface area contributed by atoms with E-state index in [0.717, 1.165) is 7.11 Å². The van der Waals surface area contributed by atoms with Crippen LogP contribution in [0.1, 0.15) is 27.7 Å². The molecule has 2 rings (SSSR count). The van der Waals surface area contributed by atoms with Gasteiger partial charge in [0, 0.05) is 27.0 Å². The highest BCUT2D eigenvalue weighted by molar-refractivity contribution is 5.84. The van der Waals surface area contributed by atoms with Crippen LogP contribution in [0.5, 0.6) is 0 Å². The minimum Gasteiger partial charge on any atom is -0.465 e. The molecule has 0 spiro atoms. The summed E-state index contributed by atoms with van der Waals surface area (Å²) >= 11 is 0. The van der Waals surface area contributed by atoms with Crippen molar-refractivity contribution in [2.24, 2.45) is 11.8 Å². The van der Waals surface area contributed by atoms with Crippen molar-refractivity contribution in [3.05, 3.63) is 6.33 Å². The normalized spacial score (nSPS) is 15.4. The molecule has 0 aliphatic rings. The Balaban J connectivity index is 2.44. The van der Waals surface area contributed by atoms with Crippen LogP contribution < -0.4 is 11.1 Å². The lowest BCUT2D eigenvalue weighted by molar-refractivity contribution is -0.232. The second-order valence-electron chi connectivity index (χ2n) is 7.51. The number of imidazole rings is 1. The number of nitrogens with two attached hydrogens (primary N) is 1. The summed E-state index contributed by atoms with van der Waals surface area (Å²) in [5, 5.41) is 2.86. The van der Waals surface area contributed by atoms with Gasteiger partial charge >= 0.3 is 11.9 Å². The number of nitrogens with one attached hydrogen (secondary N) is 1. The molecule has 0 unspecified atom stereocenters. The van der Waals surface area contributed by atoms with Gasteiger partial charge in [-0.3, -0.25) is 9.59 Å². The van der Waals surface area contributed by atoms with Crippen molar-refractivity contribution >= 4 is 34.9 Å². The zero-order valence-corrected chi connectivity index (χ0v) is 18.5. The smallest absolute Gasteiger partial charge is 0.308 e. The van der Waals surface area contributed by atoms with E-state index >= 15 is 4.39 Å². The van der Waals surface area contributed by atoms with Gasteiger partial charge in [0.1, 0.15) is 0 Å². The van der Waals surface area contributed by atoms with Crippen LogP contribution in [0.25, 0.3) is 11.2 Å². The molecule has 31 heavy (non-hydrogen) atoms. The first-order chi connectivity index (χ1) is 14.5. The van der Waals surface area contributed by atoms with Crippen LogP contribution in [0.15, 0.2) is 6.33 Å². The van der Waals surface area contributed by atoms with E-state index in [0.29, 0.717) is 11.3 Å². The van der Waals surface area contributed by atoms with Crippen LogP contribution in [0, 0.1) is 11.8 Å². The van der Waals surface area contributed by atoms with Crippen LogP contribution >= 0.6 is 0 Å². The molecular weight excluding hydrogens is 411 g/mol. The van der Waals surface area contributed by atoms with Gasteiger partial charge < -0.3 is 29.8 Å². The van der Waals surface area contributed by atoms with E-state index in [1.54, 1.807) is 27.8 Å². The van der Waals surface area contributed by atoms with Crippen LogP contribution in [0.3, 0.4) is 0 Å². The number of ether oxygens (including phenoxy) is 3. The van der Waals surface area contributed by atoms with Gasteiger partial charge in [0.15, 0.2) is 23.1 Å². The predicted molar refractivity (Wildman–Crippen MR) is 111 cm³/mol. The number of aromatic nitrogens is 4. The lowest BCUT2D eigenvalue weighted by atomic mass is 9.97. The molecule has 2 aromatic rings. The average Bonchev–Trinajstić information content (AvgIpc) is 3.11. The van der Waals surface area contributed by atoms with Crippen molar-refractivity contribution < 1.29 is 28.2 Å². The number of nitrogens with zero attached hydrogens (tertiary/aromatic N) is 4. The van der Waals surface area contributed by atoms with Gasteiger partial charge in [-0.05, 0) is 0 Å². The first-order valence-electron chi connectivity index (χ1n) is 9.76. The molecule has 0 aromatic carbocycles. The molecule has 0 saturated carbocycles. The number of anilines is 2. The number of fused-ring (bicyclic) bond motifs is 1. The van der Waals surface area contributed by atoms with E-state index in [9.17, 15) is 9.59 Å². The fourth-order valence-corrected chi connectivity index (χ4v) is 2.98. The predicted octanol–water partition coefficient (Wildman–Crippen LogP) is 1.53. The molecule has 0 fully saturated rings. The number of alkyl halides is 1. The zero-order chi connectivity index (χ0) is 23.3. The Morgan fingerprint density at radius 2 is 2.00 bits per heavy atom. The fraction of sp³-hybridized carbons (Fsp3) is 0.632. The third-order valence-corrected chi connectivity index (χ3v) is 4.65. The first-order valence-corrected chi connectivity index (χ1v) is 9.76. The number of rotatable bonds is 10. The standard InChI is InChI=1S/C19H29FN6O5/c1-10(2)17(28)31-14(11(3)7-30-12(4)27)19(20,29-6)8-26-9-23-13-15(22-5)24-18(21)25-16(13)26/h9-11,14H,7-8H2,1-6H3,(H3,21,22,24,25)/t11-,14-,19+/m1/s1. The molecule has 2 aromatic heterocycles. The number of carbonyl (C=O) groups excluding carboxylic acids is 2. The third-order valence-electron chi connectivity index (χ3n) is 4.65. The highest BCUT2D eigenvalue weighted by Crippen LogP contribution is 2.31. The minimum absolute atomic E-state index is 0.0218. The molecule has 0 radical (unpaired) electrons. The highest BCUT2D eigenvalue weighted by atomic mass is 19.2. The van der Waals surface area contributed by atoms with Gasteiger partial charge in [-0.2, -0.15) is 9.97 Å². The number of esters is 2. The van der Waals surface area contributed by atoms with Crippen LogP contribution in [0.2, 0.25) is 0 Å². The van der Waals surface area contributed by atoms with Gasteiger partial charge in [-0.1, -0.05) is 20.8 Å². The van der Waals surface area contributed by atoms with Gasteiger partial charge in [-0.15, -0.1) is 0 Å². The summed E-state index contributed by atoms with van der Waals surface area (Å²) in [4.78, 5) is 35.9. The fourth-order valence-electron chi connectivity index (χ4n) is 2.98. The number of nitrogen functional groups attached to an aromatic ring is 1. The van der Waals surface area contributed by atoms with E-state index in [2.05, 4.69) is 20.3 Å². The number of hydrogen-bond donors (Lipinski definition) is 2. The molecule has 0 aliphatic heterocycles. The summed E-state index contributed by atoms with van der Waals surface area (Å²) in [5.41, 5.74) is 6.42. The maximum absolute atomic E-state index is 16.2. The summed E-state index contributed by atoms with van der Waals surface area (Å²) in [7, 11) is 2.81. The number of hydrogen-bond acceptors (Lipinski definition) is 10. The summed E-state index contributed by atoms with van der Waals surface area (Å²) in [6.07, 6.45) is -0.0162. The minimum atomic E-state index is -2.49. The van der Waals surface area contributed by atoms with E-state index in [1.807, 2.05) is 0 Å².